The van der Waals surface area contributed by atoms with E-state index in [0.29, 0.717) is 49.0 Å². The van der Waals surface area contributed by atoms with Gasteiger partial charge in [-0.05, 0) is 42.2 Å². The number of carbonyl (C=O) groups is 3. The zero-order valence-electron chi connectivity index (χ0n) is 30.5. The zero-order valence-corrected chi connectivity index (χ0v) is 31.3. The fourth-order valence-electron chi connectivity index (χ4n) is 7.86. The summed E-state index contributed by atoms with van der Waals surface area (Å²) >= 11 is 0. The molecule has 3 fully saturated rings. The zero-order chi connectivity index (χ0) is 39.8. The number of anilines is 3. The van der Waals surface area contributed by atoms with E-state index in [-0.39, 0.29) is 35.5 Å². The molecule has 2 saturated heterocycles. The highest BCUT2D eigenvalue weighted by Gasteiger charge is 2.50. The van der Waals surface area contributed by atoms with Crippen molar-refractivity contribution < 1.29 is 33.0 Å². The number of imide groups is 1. The SMILES string of the molecule is NS(=O)(=O)c1cccc(NC(=O)N[C@@H]2CCN(c3nc(NCC(c4ccccc4)c4ccccc4)c4ncn([C@@H]5C[C@H](N6C(=O)CNC6=O)[C@@H](O)[C@H]5O)c4n3)C2)c1. The number of sulfonamides is 1. The average molecular weight is 796 g/mol. The van der Waals surface area contributed by atoms with Crippen molar-refractivity contribution in [3.05, 3.63) is 102 Å². The first-order chi connectivity index (χ1) is 27.4. The van der Waals surface area contributed by atoms with E-state index < -0.39 is 52.3 Å². The van der Waals surface area contributed by atoms with E-state index in [1.807, 2.05) is 41.3 Å². The van der Waals surface area contributed by atoms with Gasteiger partial charge in [0.05, 0.1) is 29.9 Å². The summed E-state index contributed by atoms with van der Waals surface area (Å²) < 4.78 is 25.3. The number of amides is 5. The molecular formula is C38H41N11O7S. The first-order valence-electron chi connectivity index (χ1n) is 18.4. The molecule has 2 aromatic heterocycles. The van der Waals surface area contributed by atoms with Crippen LogP contribution in [0.1, 0.15) is 35.9 Å². The molecule has 5 aromatic rings. The Kier molecular flexibility index (Phi) is 10.2. The number of rotatable bonds is 11. The van der Waals surface area contributed by atoms with Crippen LogP contribution < -0.4 is 31.3 Å². The lowest BCUT2D eigenvalue weighted by Crippen LogP contribution is -2.46. The number of nitrogens with zero attached hydrogens (tertiary/aromatic N) is 6. The highest BCUT2D eigenvalue weighted by molar-refractivity contribution is 7.89. The fourth-order valence-corrected chi connectivity index (χ4v) is 8.42. The van der Waals surface area contributed by atoms with Gasteiger partial charge in [0.2, 0.25) is 21.9 Å². The maximum Gasteiger partial charge on any atom is 0.324 e. The Labute approximate surface area is 327 Å². The van der Waals surface area contributed by atoms with Gasteiger partial charge in [-0.1, -0.05) is 66.7 Å². The number of aromatic nitrogens is 4. The molecule has 4 heterocycles. The number of hydrogen-bond donors (Lipinski definition) is 7. The summed E-state index contributed by atoms with van der Waals surface area (Å²) in [7, 11) is -3.96. The normalized spacial score (nSPS) is 22.4. The lowest BCUT2D eigenvalue weighted by Gasteiger charge is -2.23. The van der Waals surface area contributed by atoms with Crippen LogP contribution in [0.4, 0.5) is 27.0 Å². The Morgan fingerprint density at radius 3 is 2.32 bits per heavy atom. The number of carbonyl (C=O) groups excluding carboxylic acids is 3. The van der Waals surface area contributed by atoms with Gasteiger partial charge < -0.3 is 40.9 Å². The summed E-state index contributed by atoms with van der Waals surface area (Å²) in [4.78, 5) is 55.4. The predicted octanol–water partition coefficient (Wildman–Crippen LogP) is 1.71. The number of nitrogens with two attached hydrogens (primary N) is 1. The monoisotopic (exact) mass is 795 g/mol. The number of benzene rings is 3. The van der Waals surface area contributed by atoms with Crippen molar-refractivity contribution in [1.29, 1.82) is 0 Å². The molecule has 0 radical (unpaired) electrons. The first-order valence-corrected chi connectivity index (χ1v) is 20.0. The standard InChI is InChI=1S/C38H41N11O7S/c39-57(55,56)26-13-7-12-24(16-26)43-37(53)44-25-14-15-47(20-25)36-45-34(40-18-27(22-8-3-1-4-9-22)23-10-5-2-6-11-23)31-35(46-36)48(21-42-31)28-17-29(33(52)32(28)51)49-30(50)19-41-38(49)54/h1-13,16,21,25,27-29,32-33,51-52H,14-15,17-20H2,(H,41,54)(H2,39,55,56)(H,40,45,46)(H2,43,44,53)/t25-,28-,29+,32+,33-/m1/s1. The van der Waals surface area contributed by atoms with Crippen molar-refractivity contribution in [2.45, 2.75) is 54.0 Å². The highest BCUT2D eigenvalue weighted by Crippen LogP contribution is 2.38. The molecule has 0 bridgehead atoms. The molecule has 19 heteroatoms. The highest BCUT2D eigenvalue weighted by atomic mass is 32.2. The maximum absolute atomic E-state index is 13.0. The van der Waals surface area contributed by atoms with Crippen molar-refractivity contribution in [3.63, 3.8) is 0 Å². The number of urea groups is 2. The molecular weight excluding hydrogens is 755 g/mol. The molecule has 1 saturated carbocycles. The van der Waals surface area contributed by atoms with E-state index in [0.717, 1.165) is 16.0 Å². The largest absolute Gasteiger partial charge is 0.388 e. The van der Waals surface area contributed by atoms with E-state index in [2.05, 4.69) is 50.5 Å². The molecule has 57 heavy (non-hydrogen) atoms. The van der Waals surface area contributed by atoms with Crippen molar-refractivity contribution >= 4 is 56.6 Å². The van der Waals surface area contributed by atoms with Crippen LogP contribution in [0.25, 0.3) is 11.2 Å². The number of imidazole rings is 1. The Hall–Kier alpha value is -6.15. The lowest BCUT2D eigenvalue weighted by molar-refractivity contribution is -0.128. The summed E-state index contributed by atoms with van der Waals surface area (Å²) in [6.07, 6.45) is -0.647. The van der Waals surface area contributed by atoms with Crippen molar-refractivity contribution in [1.82, 2.24) is 35.1 Å². The average Bonchev–Trinajstić information content (AvgIpc) is 3.99. The number of nitrogens with one attached hydrogen (secondary N) is 4. The van der Waals surface area contributed by atoms with Crippen LogP contribution in [0.3, 0.4) is 0 Å². The van der Waals surface area contributed by atoms with E-state index >= 15 is 0 Å². The Morgan fingerprint density at radius 1 is 0.947 bits per heavy atom. The molecule has 0 spiro atoms. The van der Waals surface area contributed by atoms with Crippen LogP contribution in [0, 0.1) is 0 Å². The third-order valence-corrected chi connectivity index (χ3v) is 11.6. The molecule has 3 aliphatic rings. The summed E-state index contributed by atoms with van der Waals surface area (Å²) in [5, 5.41) is 39.3. The lowest BCUT2D eigenvalue weighted by atomic mass is 9.91. The molecule has 5 atom stereocenters. The third kappa shape index (κ3) is 7.69. The number of aliphatic hydroxyl groups is 2. The second-order valence-electron chi connectivity index (χ2n) is 14.3. The predicted molar refractivity (Wildman–Crippen MR) is 209 cm³/mol. The van der Waals surface area contributed by atoms with E-state index in [1.165, 1.54) is 24.5 Å². The Balaban J connectivity index is 1.08. The summed E-state index contributed by atoms with van der Waals surface area (Å²) in [5.41, 5.74) is 3.20. The Bertz CT molecular complexity index is 2360. The molecule has 18 nitrogen and oxygen atoms in total. The van der Waals surface area contributed by atoms with E-state index in [9.17, 15) is 33.0 Å². The van der Waals surface area contributed by atoms with Gasteiger partial charge in [-0.2, -0.15) is 9.97 Å². The second kappa shape index (κ2) is 15.4. The number of hydrogen-bond acceptors (Lipinski definition) is 12. The van der Waals surface area contributed by atoms with Gasteiger partial charge in [0.15, 0.2) is 17.0 Å². The molecule has 1 aliphatic carbocycles. The molecule has 0 unspecified atom stereocenters. The smallest absolute Gasteiger partial charge is 0.324 e. The first kappa shape index (κ1) is 37.8. The van der Waals surface area contributed by atoms with Crippen molar-refractivity contribution in [3.8, 4) is 0 Å². The van der Waals surface area contributed by atoms with Gasteiger partial charge >= 0.3 is 12.1 Å². The molecule has 8 rings (SSSR count). The summed E-state index contributed by atoms with van der Waals surface area (Å²) in [6, 6.07) is 22.5. The van der Waals surface area contributed by atoms with Crippen LogP contribution in [0.5, 0.6) is 0 Å². The number of aliphatic hydroxyl groups excluding tert-OH is 2. The van der Waals surface area contributed by atoms with Crippen LogP contribution >= 0.6 is 0 Å². The number of fused-ring (bicyclic) bond motifs is 1. The van der Waals surface area contributed by atoms with Crippen LogP contribution in [-0.4, -0.2) is 111 Å². The van der Waals surface area contributed by atoms with Crippen LogP contribution in [0.2, 0.25) is 0 Å². The second-order valence-corrected chi connectivity index (χ2v) is 15.9. The van der Waals surface area contributed by atoms with Crippen molar-refractivity contribution in [2.75, 3.05) is 41.7 Å². The van der Waals surface area contributed by atoms with Gasteiger partial charge in [0.25, 0.3) is 0 Å². The molecule has 296 valence electrons. The van der Waals surface area contributed by atoms with Gasteiger partial charge in [0, 0.05) is 37.3 Å². The van der Waals surface area contributed by atoms with Gasteiger partial charge in [-0.15, -0.1) is 0 Å². The molecule has 5 amide bonds. The minimum atomic E-state index is -3.96. The van der Waals surface area contributed by atoms with Crippen LogP contribution in [-0.2, 0) is 14.8 Å². The molecule has 2 aliphatic heterocycles. The minimum Gasteiger partial charge on any atom is -0.388 e. The summed E-state index contributed by atoms with van der Waals surface area (Å²) in [6.45, 7) is 1.05. The van der Waals surface area contributed by atoms with E-state index in [1.54, 1.807) is 10.6 Å². The topological polar surface area (TPSA) is 250 Å². The molecule has 8 N–H and O–H groups in total. The number of primary sulfonamides is 1. The van der Waals surface area contributed by atoms with Gasteiger partial charge in [-0.3, -0.25) is 9.69 Å². The van der Waals surface area contributed by atoms with E-state index in [4.69, 9.17) is 15.1 Å². The fraction of sp³-hybridized carbons (Fsp3) is 0.316. The quantitative estimate of drug-likeness (QED) is 0.0945. The Morgan fingerprint density at radius 2 is 1.65 bits per heavy atom. The van der Waals surface area contributed by atoms with Crippen molar-refractivity contribution in [2.24, 2.45) is 5.14 Å². The molecule has 3 aromatic carbocycles. The van der Waals surface area contributed by atoms with Gasteiger partial charge in [0.1, 0.15) is 12.2 Å². The van der Waals surface area contributed by atoms with Crippen LogP contribution in [0.15, 0.2) is 96.2 Å². The van der Waals surface area contributed by atoms with Gasteiger partial charge in [-0.25, -0.2) is 28.1 Å². The minimum absolute atomic E-state index is 0.0596. The third-order valence-electron chi connectivity index (χ3n) is 10.7. The maximum atomic E-state index is 13.0. The summed E-state index contributed by atoms with van der Waals surface area (Å²) in [5.74, 6) is 0.196.